The second-order valence-corrected chi connectivity index (χ2v) is 5.31. The van der Waals surface area contributed by atoms with Crippen LogP contribution in [-0.2, 0) is 6.42 Å². The van der Waals surface area contributed by atoms with Crippen LogP contribution < -0.4 is 5.32 Å². The van der Waals surface area contributed by atoms with E-state index in [0.717, 1.165) is 5.92 Å². The standard InChI is InChI=1S/C14H25NS/c1-3-5-13(11-15-9-4-2)6-7-14-8-10-16-12-14/h8,10,12-13,15H,3-7,9,11H2,1-2H3. The number of hydrogen-bond acceptors (Lipinski definition) is 2. The Kier molecular flexibility index (Phi) is 7.52. The van der Waals surface area contributed by atoms with Crippen LogP contribution in [0, 0.1) is 5.92 Å². The van der Waals surface area contributed by atoms with Gasteiger partial charge in [-0.25, -0.2) is 0 Å². The minimum atomic E-state index is 0.858. The van der Waals surface area contributed by atoms with Crippen molar-refractivity contribution in [1.82, 2.24) is 5.32 Å². The van der Waals surface area contributed by atoms with Gasteiger partial charge in [-0.05, 0) is 67.1 Å². The van der Waals surface area contributed by atoms with Gasteiger partial charge in [0.1, 0.15) is 0 Å². The normalized spacial score (nSPS) is 12.9. The van der Waals surface area contributed by atoms with Crippen molar-refractivity contribution in [3.8, 4) is 0 Å². The maximum Gasteiger partial charge on any atom is -0.00204 e. The van der Waals surface area contributed by atoms with E-state index < -0.39 is 0 Å². The highest BCUT2D eigenvalue weighted by atomic mass is 32.1. The number of hydrogen-bond donors (Lipinski definition) is 1. The molecular formula is C14H25NS. The lowest BCUT2D eigenvalue weighted by Crippen LogP contribution is -2.23. The second kappa shape index (κ2) is 8.77. The third kappa shape index (κ3) is 5.66. The van der Waals surface area contributed by atoms with E-state index in [1.54, 1.807) is 0 Å². The van der Waals surface area contributed by atoms with Crippen LogP contribution in [0.1, 0.15) is 45.1 Å². The van der Waals surface area contributed by atoms with Gasteiger partial charge in [-0.15, -0.1) is 0 Å². The molecule has 1 nitrogen and oxygen atoms in total. The first-order valence-electron chi connectivity index (χ1n) is 6.58. The summed E-state index contributed by atoms with van der Waals surface area (Å²) < 4.78 is 0. The number of rotatable bonds is 9. The van der Waals surface area contributed by atoms with Gasteiger partial charge in [0.15, 0.2) is 0 Å². The quantitative estimate of drug-likeness (QED) is 0.640. The van der Waals surface area contributed by atoms with Crippen molar-refractivity contribution >= 4 is 11.3 Å². The first-order chi connectivity index (χ1) is 7.86. The molecule has 0 aliphatic carbocycles. The molecule has 1 aromatic heterocycles. The second-order valence-electron chi connectivity index (χ2n) is 4.53. The van der Waals surface area contributed by atoms with Crippen LogP contribution in [0.15, 0.2) is 16.8 Å². The average molecular weight is 239 g/mol. The molecule has 0 aliphatic heterocycles. The van der Waals surface area contributed by atoms with Crippen LogP contribution in [0.4, 0.5) is 0 Å². The van der Waals surface area contributed by atoms with E-state index in [0.29, 0.717) is 0 Å². The third-order valence-corrected chi connectivity index (χ3v) is 3.71. The minimum absolute atomic E-state index is 0.858. The zero-order valence-corrected chi connectivity index (χ0v) is 11.5. The molecule has 0 radical (unpaired) electrons. The lowest BCUT2D eigenvalue weighted by atomic mass is 9.96. The van der Waals surface area contributed by atoms with Gasteiger partial charge in [0.2, 0.25) is 0 Å². The predicted octanol–water partition coefficient (Wildman–Crippen LogP) is 4.10. The molecular weight excluding hydrogens is 214 g/mol. The van der Waals surface area contributed by atoms with Gasteiger partial charge in [-0.3, -0.25) is 0 Å². The molecule has 1 aromatic rings. The smallest absolute Gasteiger partial charge is 0.00204 e. The molecule has 0 spiro atoms. The Morgan fingerprint density at radius 1 is 1.25 bits per heavy atom. The van der Waals surface area contributed by atoms with E-state index in [-0.39, 0.29) is 0 Å². The summed E-state index contributed by atoms with van der Waals surface area (Å²) in [7, 11) is 0. The van der Waals surface area contributed by atoms with Crippen LogP contribution in [0.5, 0.6) is 0 Å². The molecule has 0 amide bonds. The van der Waals surface area contributed by atoms with Crippen molar-refractivity contribution in [1.29, 1.82) is 0 Å². The molecule has 0 saturated heterocycles. The minimum Gasteiger partial charge on any atom is -0.316 e. The van der Waals surface area contributed by atoms with Gasteiger partial charge in [-0.2, -0.15) is 11.3 Å². The van der Waals surface area contributed by atoms with E-state index in [9.17, 15) is 0 Å². The molecule has 1 rings (SSSR count). The molecule has 1 heterocycles. The Morgan fingerprint density at radius 2 is 2.12 bits per heavy atom. The molecule has 0 saturated carbocycles. The molecule has 0 bridgehead atoms. The van der Waals surface area contributed by atoms with Crippen molar-refractivity contribution < 1.29 is 0 Å². The third-order valence-electron chi connectivity index (χ3n) is 2.98. The first-order valence-corrected chi connectivity index (χ1v) is 7.52. The van der Waals surface area contributed by atoms with Crippen molar-refractivity contribution in [3.05, 3.63) is 22.4 Å². The highest BCUT2D eigenvalue weighted by Crippen LogP contribution is 2.16. The predicted molar refractivity (Wildman–Crippen MR) is 74.2 cm³/mol. The van der Waals surface area contributed by atoms with Gasteiger partial charge < -0.3 is 5.32 Å². The van der Waals surface area contributed by atoms with E-state index in [1.165, 1.54) is 50.8 Å². The summed E-state index contributed by atoms with van der Waals surface area (Å²) in [6.45, 7) is 6.88. The molecule has 0 aliphatic rings. The van der Waals surface area contributed by atoms with Crippen molar-refractivity contribution in [2.24, 2.45) is 5.92 Å². The summed E-state index contributed by atoms with van der Waals surface area (Å²) >= 11 is 1.81. The molecule has 1 unspecified atom stereocenters. The Hall–Kier alpha value is -0.340. The maximum absolute atomic E-state index is 3.55. The van der Waals surface area contributed by atoms with Crippen LogP contribution in [0.2, 0.25) is 0 Å². The molecule has 1 N–H and O–H groups in total. The summed E-state index contributed by atoms with van der Waals surface area (Å²) in [5.41, 5.74) is 1.52. The van der Waals surface area contributed by atoms with Crippen molar-refractivity contribution in [2.75, 3.05) is 13.1 Å². The lowest BCUT2D eigenvalue weighted by Gasteiger charge is -2.16. The zero-order valence-electron chi connectivity index (χ0n) is 10.7. The van der Waals surface area contributed by atoms with Gasteiger partial charge in [0, 0.05) is 0 Å². The monoisotopic (exact) mass is 239 g/mol. The fourth-order valence-corrected chi connectivity index (χ4v) is 2.75. The highest BCUT2D eigenvalue weighted by molar-refractivity contribution is 7.07. The SMILES string of the molecule is CCCNCC(CCC)CCc1ccsc1. The summed E-state index contributed by atoms with van der Waals surface area (Å²) in [5.74, 6) is 0.858. The fourth-order valence-electron chi connectivity index (χ4n) is 2.05. The molecule has 92 valence electrons. The summed E-state index contributed by atoms with van der Waals surface area (Å²) in [6.07, 6.45) is 6.50. The average Bonchev–Trinajstić information content (AvgIpc) is 2.79. The molecule has 1 atom stereocenters. The Labute approximate surface area is 104 Å². The van der Waals surface area contributed by atoms with Crippen LogP contribution in [0.3, 0.4) is 0 Å². The Morgan fingerprint density at radius 3 is 2.75 bits per heavy atom. The topological polar surface area (TPSA) is 12.0 Å². The molecule has 0 fully saturated rings. The van der Waals surface area contributed by atoms with Crippen molar-refractivity contribution in [2.45, 2.75) is 46.0 Å². The van der Waals surface area contributed by atoms with Gasteiger partial charge in [-0.1, -0.05) is 20.3 Å². The highest BCUT2D eigenvalue weighted by Gasteiger charge is 2.07. The van der Waals surface area contributed by atoms with Gasteiger partial charge in [0.25, 0.3) is 0 Å². The van der Waals surface area contributed by atoms with E-state index in [1.807, 2.05) is 11.3 Å². The zero-order chi connectivity index (χ0) is 11.6. The molecule has 16 heavy (non-hydrogen) atoms. The van der Waals surface area contributed by atoms with Crippen LogP contribution in [-0.4, -0.2) is 13.1 Å². The fraction of sp³-hybridized carbons (Fsp3) is 0.714. The Balaban J connectivity index is 2.21. The summed E-state index contributed by atoms with van der Waals surface area (Å²) in [6, 6.07) is 2.26. The molecule has 2 heteroatoms. The van der Waals surface area contributed by atoms with E-state index >= 15 is 0 Å². The van der Waals surface area contributed by atoms with E-state index in [2.05, 4.69) is 36.0 Å². The summed E-state index contributed by atoms with van der Waals surface area (Å²) in [5, 5.41) is 8.01. The summed E-state index contributed by atoms with van der Waals surface area (Å²) in [4.78, 5) is 0. The van der Waals surface area contributed by atoms with E-state index in [4.69, 9.17) is 0 Å². The maximum atomic E-state index is 3.55. The number of nitrogens with one attached hydrogen (secondary N) is 1. The van der Waals surface area contributed by atoms with Crippen molar-refractivity contribution in [3.63, 3.8) is 0 Å². The number of thiophene rings is 1. The first kappa shape index (κ1) is 13.7. The lowest BCUT2D eigenvalue weighted by molar-refractivity contribution is 0.415. The van der Waals surface area contributed by atoms with Gasteiger partial charge in [0.05, 0.1) is 0 Å². The van der Waals surface area contributed by atoms with Gasteiger partial charge >= 0.3 is 0 Å². The number of aryl methyl sites for hydroxylation is 1. The largest absolute Gasteiger partial charge is 0.316 e. The van der Waals surface area contributed by atoms with Crippen LogP contribution in [0.25, 0.3) is 0 Å². The van der Waals surface area contributed by atoms with Crippen LogP contribution >= 0.6 is 11.3 Å². The molecule has 0 aromatic carbocycles. The Bertz CT molecular complexity index is 243.